The molecular weight excluding hydrogens is 307 g/mol. The number of benzene rings is 1. The number of ether oxygens (including phenoxy) is 1. The Morgan fingerprint density at radius 2 is 1.67 bits per heavy atom. The van der Waals surface area contributed by atoms with Gasteiger partial charge in [0.2, 0.25) is 0 Å². The van der Waals surface area contributed by atoms with Gasteiger partial charge in [-0.15, -0.1) is 0 Å². The van der Waals surface area contributed by atoms with Crippen molar-refractivity contribution < 1.29 is 4.74 Å². The Balaban J connectivity index is 2.42. The number of hydrogen-bond donors (Lipinski definition) is 0. The average Bonchev–Trinajstić information content (AvgIpc) is 2.49. The van der Waals surface area contributed by atoms with Gasteiger partial charge in [-0.2, -0.15) is 0 Å². The molecule has 0 saturated heterocycles. The van der Waals surface area contributed by atoms with Crippen molar-refractivity contribution >= 4 is 23.2 Å². The second kappa shape index (κ2) is 7.74. The lowest BCUT2D eigenvalue weighted by atomic mass is 10.1. The van der Waals surface area contributed by atoms with E-state index in [1.807, 2.05) is 37.3 Å². The van der Waals surface area contributed by atoms with Crippen LogP contribution in [0.3, 0.4) is 0 Å². The van der Waals surface area contributed by atoms with Crippen LogP contribution in [0.1, 0.15) is 43.3 Å². The van der Waals surface area contributed by atoms with E-state index < -0.39 is 0 Å². The van der Waals surface area contributed by atoms with Gasteiger partial charge in [0.25, 0.3) is 0 Å². The van der Waals surface area contributed by atoms with Gasteiger partial charge in [0.05, 0.1) is 0 Å². The first-order valence-electron chi connectivity index (χ1n) is 7.05. The number of rotatable bonds is 6. The zero-order valence-corrected chi connectivity index (χ0v) is 13.7. The summed E-state index contributed by atoms with van der Waals surface area (Å²) in [5.41, 5.74) is 1.78. The van der Waals surface area contributed by atoms with Gasteiger partial charge in [0, 0.05) is 12.2 Å². The molecule has 21 heavy (non-hydrogen) atoms. The standard InChI is InChI=1S/C16H18Cl2N2O/c1-3-8-12-14(17)19-16(20-15(12)18)13(21-4-2)11-9-6-5-7-10-11/h5-7,9-10,13H,3-4,8H2,1-2H3. The van der Waals surface area contributed by atoms with Crippen molar-refractivity contribution in [2.24, 2.45) is 0 Å². The fourth-order valence-corrected chi connectivity index (χ4v) is 2.72. The van der Waals surface area contributed by atoms with Crippen LogP contribution in [0.5, 0.6) is 0 Å². The van der Waals surface area contributed by atoms with Gasteiger partial charge in [0.1, 0.15) is 16.4 Å². The summed E-state index contributed by atoms with van der Waals surface area (Å²) in [6.45, 7) is 4.55. The summed E-state index contributed by atoms with van der Waals surface area (Å²) in [6, 6.07) is 9.82. The predicted octanol–water partition coefficient (Wildman–Crippen LogP) is 4.86. The Kier molecular flexibility index (Phi) is 5.97. The third-order valence-electron chi connectivity index (χ3n) is 3.09. The van der Waals surface area contributed by atoms with Gasteiger partial charge < -0.3 is 4.74 Å². The molecule has 2 aromatic rings. The number of hydrogen-bond acceptors (Lipinski definition) is 3. The molecule has 1 atom stereocenters. The smallest absolute Gasteiger partial charge is 0.165 e. The highest BCUT2D eigenvalue weighted by atomic mass is 35.5. The van der Waals surface area contributed by atoms with Crippen molar-refractivity contribution in [2.75, 3.05) is 6.61 Å². The van der Waals surface area contributed by atoms with Crippen LogP contribution in [0.25, 0.3) is 0 Å². The Labute approximate surface area is 135 Å². The molecule has 0 aliphatic rings. The molecule has 0 N–H and O–H groups in total. The first kappa shape index (κ1) is 16.2. The molecule has 0 saturated carbocycles. The maximum atomic E-state index is 6.25. The van der Waals surface area contributed by atoms with Crippen LogP contribution in [-0.2, 0) is 11.2 Å². The van der Waals surface area contributed by atoms with E-state index in [9.17, 15) is 0 Å². The highest BCUT2D eigenvalue weighted by Gasteiger charge is 2.20. The van der Waals surface area contributed by atoms with E-state index in [-0.39, 0.29) is 6.10 Å². The van der Waals surface area contributed by atoms with Crippen molar-refractivity contribution in [1.29, 1.82) is 0 Å². The molecule has 0 fully saturated rings. The van der Waals surface area contributed by atoms with Crippen molar-refractivity contribution in [3.8, 4) is 0 Å². The van der Waals surface area contributed by atoms with Crippen LogP contribution in [-0.4, -0.2) is 16.6 Å². The molecule has 0 amide bonds. The minimum Gasteiger partial charge on any atom is -0.366 e. The first-order valence-corrected chi connectivity index (χ1v) is 7.81. The lowest BCUT2D eigenvalue weighted by Crippen LogP contribution is -2.12. The van der Waals surface area contributed by atoms with Gasteiger partial charge >= 0.3 is 0 Å². The largest absolute Gasteiger partial charge is 0.366 e. The monoisotopic (exact) mass is 324 g/mol. The van der Waals surface area contributed by atoms with E-state index in [2.05, 4.69) is 16.9 Å². The molecular formula is C16H18Cl2N2O. The average molecular weight is 325 g/mol. The minimum atomic E-state index is -0.359. The van der Waals surface area contributed by atoms with Crippen LogP contribution < -0.4 is 0 Å². The van der Waals surface area contributed by atoms with Crippen LogP contribution in [0.4, 0.5) is 0 Å². The van der Waals surface area contributed by atoms with Crippen LogP contribution in [0.15, 0.2) is 30.3 Å². The summed E-state index contributed by atoms with van der Waals surface area (Å²) in [5.74, 6) is 0.498. The molecule has 112 valence electrons. The highest BCUT2D eigenvalue weighted by molar-refractivity contribution is 6.34. The predicted molar refractivity (Wildman–Crippen MR) is 86.0 cm³/mol. The summed E-state index contributed by atoms with van der Waals surface area (Å²) in [5, 5.41) is 0.819. The van der Waals surface area contributed by atoms with Crippen molar-refractivity contribution in [1.82, 2.24) is 9.97 Å². The van der Waals surface area contributed by atoms with Crippen LogP contribution in [0, 0.1) is 0 Å². The number of halogens is 2. The van der Waals surface area contributed by atoms with E-state index in [1.165, 1.54) is 0 Å². The second-order valence-corrected chi connectivity index (χ2v) is 5.35. The van der Waals surface area contributed by atoms with E-state index in [0.29, 0.717) is 22.7 Å². The second-order valence-electron chi connectivity index (χ2n) is 4.64. The summed E-state index contributed by atoms with van der Waals surface area (Å²) in [7, 11) is 0. The molecule has 0 spiro atoms. The first-order chi connectivity index (χ1) is 10.2. The van der Waals surface area contributed by atoms with Crippen LogP contribution >= 0.6 is 23.2 Å². The third kappa shape index (κ3) is 3.94. The van der Waals surface area contributed by atoms with E-state index >= 15 is 0 Å². The van der Waals surface area contributed by atoms with Gasteiger partial charge in [-0.3, -0.25) is 0 Å². The lowest BCUT2D eigenvalue weighted by molar-refractivity contribution is 0.0851. The van der Waals surface area contributed by atoms with Gasteiger partial charge in [-0.25, -0.2) is 9.97 Å². The third-order valence-corrected chi connectivity index (χ3v) is 3.72. The molecule has 0 aliphatic carbocycles. The Morgan fingerprint density at radius 3 is 2.19 bits per heavy atom. The summed E-state index contributed by atoms with van der Waals surface area (Å²) < 4.78 is 5.78. The Hall–Kier alpha value is -1.16. The maximum Gasteiger partial charge on any atom is 0.165 e. The Morgan fingerprint density at radius 1 is 1.05 bits per heavy atom. The summed E-state index contributed by atoms with van der Waals surface area (Å²) in [4.78, 5) is 8.79. The molecule has 0 aliphatic heterocycles. The molecule has 1 aromatic carbocycles. The molecule has 1 heterocycles. The number of aromatic nitrogens is 2. The topological polar surface area (TPSA) is 35.0 Å². The molecule has 1 unspecified atom stereocenters. The quantitative estimate of drug-likeness (QED) is 0.711. The molecule has 2 rings (SSSR count). The Bertz CT molecular complexity index is 567. The van der Waals surface area contributed by atoms with E-state index in [0.717, 1.165) is 24.0 Å². The molecule has 0 bridgehead atoms. The summed E-state index contributed by atoms with van der Waals surface area (Å²) >= 11 is 12.5. The van der Waals surface area contributed by atoms with E-state index in [1.54, 1.807) is 0 Å². The normalized spacial score (nSPS) is 12.4. The molecule has 3 nitrogen and oxygen atoms in total. The van der Waals surface area contributed by atoms with Gasteiger partial charge in [0.15, 0.2) is 5.82 Å². The fourth-order valence-electron chi connectivity index (χ4n) is 2.13. The molecule has 5 heteroatoms. The summed E-state index contributed by atoms with van der Waals surface area (Å²) in [6.07, 6.45) is 1.35. The molecule has 1 aromatic heterocycles. The number of nitrogens with zero attached hydrogens (tertiary/aromatic N) is 2. The SMILES string of the molecule is CCCc1c(Cl)nc(C(OCC)c2ccccc2)nc1Cl. The van der Waals surface area contributed by atoms with E-state index in [4.69, 9.17) is 27.9 Å². The van der Waals surface area contributed by atoms with Gasteiger partial charge in [-0.05, 0) is 18.9 Å². The maximum absolute atomic E-state index is 6.25. The van der Waals surface area contributed by atoms with Crippen molar-refractivity contribution in [3.05, 3.63) is 57.6 Å². The fraction of sp³-hybridized carbons (Fsp3) is 0.375. The highest BCUT2D eigenvalue weighted by Crippen LogP contribution is 2.29. The van der Waals surface area contributed by atoms with Crippen LogP contribution in [0.2, 0.25) is 10.3 Å². The van der Waals surface area contributed by atoms with Crippen molar-refractivity contribution in [2.45, 2.75) is 32.8 Å². The lowest BCUT2D eigenvalue weighted by Gasteiger charge is -2.17. The molecule has 0 radical (unpaired) electrons. The van der Waals surface area contributed by atoms with Crippen molar-refractivity contribution in [3.63, 3.8) is 0 Å². The zero-order chi connectivity index (χ0) is 15.2. The zero-order valence-electron chi connectivity index (χ0n) is 12.1. The van der Waals surface area contributed by atoms with Gasteiger partial charge in [-0.1, -0.05) is 66.9 Å². The minimum absolute atomic E-state index is 0.359.